The molecule has 0 bridgehead atoms. The van der Waals surface area contributed by atoms with Crippen LogP contribution in [0.1, 0.15) is 26.7 Å². The molecule has 82 valence electrons. The zero-order valence-electron chi connectivity index (χ0n) is 9.04. The van der Waals surface area contributed by atoms with Gasteiger partial charge in [-0.2, -0.15) is 0 Å². The lowest BCUT2D eigenvalue weighted by molar-refractivity contribution is -0.147. The standard InChI is InChI=1S/C10H19NO3/c1-10(2,13)8-6-7(4-5-11-8)9(12)14-3/h7-8,11,13H,4-6H2,1-3H3. The van der Waals surface area contributed by atoms with Gasteiger partial charge in [-0.3, -0.25) is 4.79 Å². The molecule has 0 aromatic rings. The molecular weight excluding hydrogens is 182 g/mol. The van der Waals surface area contributed by atoms with Gasteiger partial charge in [0, 0.05) is 6.04 Å². The number of nitrogens with one attached hydrogen (secondary N) is 1. The number of carbonyl (C=O) groups excluding carboxylic acids is 1. The summed E-state index contributed by atoms with van der Waals surface area (Å²) in [6.45, 7) is 4.27. The highest BCUT2D eigenvalue weighted by atomic mass is 16.5. The highest BCUT2D eigenvalue weighted by molar-refractivity contribution is 5.72. The van der Waals surface area contributed by atoms with Crippen molar-refractivity contribution in [2.45, 2.75) is 38.3 Å². The summed E-state index contributed by atoms with van der Waals surface area (Å²) in [5, 5.41) is 13.0. The molecule has 0 saturated carbocycles. The van der Waals surface area contributed by atoms with E-state index < -0.39 is 5.60 Å². The van der Waals surface area contributed by atoms with Crippen molar-refractivity contribution >= 4 is 5.97 Å². The molecule has 0 spiro atoms. The number of esters is 1. The largest absolute Gasteiger partial charge is 0.469 e. The van der Waals surface area contributed by atoms with E-state index in [1.54, 1.807) is 13.8 Å². The van der Waals surface area contributed by atoms with E-state index in [0.29, 0.717) is 6.42 Å². The van der Waals surface area contributed by atoms with Crippen molar-refractivity contribution in [2.24, 2.45) is 5.92 Å². The van der Waals surface area contributed by atoms with Gasteiger partial charge < -0.3 is 15.2 Å². The number of piperidine rings is 1. The molecule has 2 N–H and O–H groups in total. The Hall–Kier alpha value is -0.610. The molecule has 2 atom stereocenters. The molecule has 0 aromatic carbocycles. The van der Waals surface area contributed by atoms with E-state index in [0.717, 1.165) is 13.0 Å². The third kappa shape index (κ3) is 2.69. The van der Waals surface area contributed by atoms with Crippen LogP contribution >= 0.6 is 0 Å². The molecule has 1 fully saturated rings. The average Bonchev–Trinajstić information content (AvgIpc) is 2.15. The van der Waals surface area contributed by atoms with Crippen LogP contribution in [0, 0.1) is 5.92 Å². The molecule has 4 nitrogen and oxygen atoms in total. The Morgan fingerprint density at radius 2 is 2.21 bits per heavy atom. The number of hydrogen-bond acceptors (Lipinski definition) is 4. The lowest BCUT2D eigenvalue weighted by Gasteiger charge is -2.36. The third-order valence-electron chi connectivity index (χ3n) is 2.79. The van der Waals surface area contributed by atoms with Crippen molar-refractivity contribution in [3.63, 3.8) is 0 Å². The van der Waals surface area contributed by atoms with E-state index in [2.05, 4.69) is 5.32 Å². The minimum Gasteiger partial charge on any atom is -0.469 e. The van der Waals surface area contributed by atoms with Crippen molar-refractivity contribution in [3.8, 4) is 0 Å². The molecule has 0 aromatic heterocycles. The zero-order valence-corrected chi connectivity index (χ0v) is 9.04. The van der Waals surface area contributed by atoms with Gasteiger partial charge in [-0.15, -0.1) is 0 Å². The molecule has 1 saturated heterocycles. The van der Waals surface area contributed by atoms with Crippen molar-refractivity contribution in [1.82, 2.24) is 5.32 Å². The summed E-state index contributed by atoms with van der Waals surface area (Å²) in [6.07, 6.45) is 1.44. The van der Waals surface area contributed by atoms with E-state index in [-0.39, 0.29) is 17.9 Å². The molecule has 0 radical (unpaired) electrons. The summed E-state index contributed by atoms with van der Waals surface area (Å²) in [7, 11) is 1.41. The lowest BCUT2D eigenvalue weighted by atomic mass is 9.85. The Kier molecular flexibility index (Phi) is 3.50. The monoisotopic (exact) mass is 201 g/mol. The first kappa shape index (κ1) is 11.5. The molecular formula is C10H19NO3. The Balaban J connectivity index is 2.56. The molecule has 4 heteroatoms. The van der Waals surface area contributed by atoms with Crippen LogP contribution < -0.4 is 5.32 Å². The zero-order chi connectivity index (χ0) is 10.8. The van der Waals surface area contributed by atoms with Crippen molar-refractivity contribution in [2.75, 3.05) is 13.7 Å². The third-order valence-corrected chi connectivity index (χ3v) is 2.79. The number of rotatable bonds is 2. The van der Waals surface area contributed by atoms with Gasteiger partial charge in [-0.05, 0) is 33.2 Å². The Labute approximate surface area is 84.6 Å². The van der Waals surface area contributed by atoms with Crippen molar-refractivity contribution in [1.29, 1.82) is 0 Å². The molecule has 14 heavy (non-hydrogen) atoms. The predicted octanol–water partition coefficient (Wildman–Crippen LogP) is 0.298. The van der Waals surface area contributed by atoms with Crippen LogP contribution in [0.25, 0.3) is 0 Å². The molecule has 1 aliphatic heterocycles. The maximum Gasteiger partial charge on any atom is 0.308 e. The van der Waals surface area contributed by atoms with Crippen molar-refractivity contribution < 1.29 is 14.6 Å². The fourth-order valence-corrected chi connectivity index (χ4v) is 1.84. The fraction of sp³-hybridized carbons (Fsp3) is 0.900. The van der Waals surface area contributed by atoms with Crippen LogP contribution in [0.5, 0.6) is 0 Å². The van der Waals surface area contributed by atoms with Crippen LogP contribution in [0.2, 0.25) is 0 Å². The Morgan fingerprint density at radius 1 is 1.57 bits per heavy atom. The maximum atomic E-state index is 11.3. The summed E-state index contributed by atoms with van der Waals surface area (Å²) in [6, 6.07) is -0.0275. The highest BCUT2D eigenvalue weighted by Gasteiger charge is 2.35. The number of methoxy groups -OCH3 is 1. The summed E-state index contributed by atoms with van der Waals surface area (Å²) in [4.78, 5) is 11.3. The number of ether oxygens (including phenoxy) is 1. The van der Waals surface area contributed by atoms with Crippen LogP contribution in [0.3, 0.4) is 0 Å². The number of aliphatic hydroxyl groups is 1. The van der Waals surface area contributed by atoms with E-state index in [9.17, 15) is 9.90 Å². The van der Waals surface area contributed by atoms with Crippen LogP contribution in [-0.4, -0.2) is 36.4 Å². The SMILES string of the molecule is COC(=O)C1CCNC(C(C)(C)O)C1. The smallest absolute Gasteiger partial charge is 0.308 e. The molecule has 1 rings (SSSR count). The number of hydrogen-bond donors (Lipinski definition) is 2. The van der Waals surface area contributed by atoms with Gasteiger partial charge in [0.1, 0.15) is 0 Å². The van der Waals surface area contributed by atoms with Crippen molar-refractivity contribution in [3.05, 3.63) is 0 Å². The van der Waals surface area contributed by atoms with Gasteiger partial charge in [-0.1, -0.05) is 0 Å². The van der Waals surface area contributed by atoms with E-state index in [1.165, 1.54) is 7.11 Å². The fourth-order valence-electron chi connectivity index (χ4n) is 1.84. The molecule has 2 unspecified atom stereocenters. The second-order valence-corrected chi connectivity index (χ2v) is 4.40. The van der Waals surface area contributed by atoms with E-state index in [4.69, 9.17) is 4.74 Å². The summed E-state index contributed by atoms with van der Waals surface area (Å²) >= 11 is 0. The van der Waals surface area contributed by atoms with Gasteiger partial charge in [0.15, 0.2) is 0 Å². The average molecular weight is 201 g/mol. The molecule has 0 amide bonds. The second-order valence-electron chi connectivity index (χ2n) is 4.40. The lowest BCUT2D eigenvalue weighted by Crippen LogP contribution is -2.52. The van der Waals surface area contributed by atoms with E-state index >= 15 is 0 Å². The first-order valence-electron chi connectivity index (χ1n) is 4.98. The second kappa shape index (κ2) is 4.28. The molecule has 0 aliphatic carbocycles. The number of carbonyl (C=O) groups is 1. The molecule has 1 heterocycles. The Morgan fingerprint density at radius 3 is 2.71 bits per heavy atom. The summed E-state index contributed by atoms with van der Waals surface area (Å²) in [5.74, 6) is -0.238. The first-order chi connectivity index (χ1) is 6.45. The predicted molar refractivity (Wildman–Crippen MR) is 52.8 cm³/mol. The topological polar surface area (TPSA) is 58.6 Å². The minimum atomic E-state index is -0.785. The molecule has 1 aliphatic rings. The summed E-state index contributed by atoms with van der Waals surface area (Å²) in [5.41, 5.74) is -0.785. The van der Waals surface area contributed by atoms with Gasteiger partial charge in [0.2, 0.25) is 0 Å². The van der Waals surface area contributed by atoms with Gasteiger partial charge in [0.05, 0.1) is 18.6 Å². The van der Waals surface area contributed by atoms with Gasteiger partial charge in [-0.25, -0.2) is 0 Å². The van der Waals surface area contributed by atoms with Crippen LogP contribution in [0.4, 0.5) is 0 Å². The van der Waals surface area contributed by atoms with Crippen LogP contribution in [0.15, 0.2) is 0 Å². The normalized spacial score (nSPS) is 28.6. The van der Waals surface area contributed by atoms with Gasteiger partial charge >= 0.3 is 5.97 Å². The van der Waals surface area contributed by atoms with Gasteiger partial charge in [0.25, 0.3) is 0 Å². The first-order valence-corrected chi connectivity index (χ1v) is 4.98. The Bertz CT molecular complexity index is 210. The quantitative estimate of drug-likeness (QED) is 0.631. The van der Waals surface area contributed by atoms with E-state index in [1.807, 2.05) is 0 Å². The summed E-state index contributed by atoms with van der Waals surface area (Å²) < 4.78 is 4.70. The highest BCUT2D eigenvalue weighted by Crippen LogP contribution is 2.23. The minimum absolute atomic E-state index is 0.0275. The maximum absolute atomic E-state index is 11.3. The van der Waals surface area contributed by atoms with Crippen LogP contribution in [-0.2, 0) is 9.53 Å².